The summed E-state index contributed by atoms with van der Waals surface area (Å²) in [5, 5.41) is 1.89. The normalized spacial score (nSPS) is 11.8. The summed E-state index contributed by atoms with van der Waals surface area (Å²) in [7, 11) is -4.68. The van der Waals surface area contributed by atoms with Gasteiger partial charge in [-0.3, -0.25) is 14.5 Å². The molecule has 162 valence electrons. The molecule has 1 aromatic heterocycles. The highest BCUT2D eigenvalue weighted by molar-refractivity contribution is 7.92. The van der Waals surface area contributed by atoms with Gasteiger partial charge in [0.2, 0.25) is 0 Å². The number of nitrogens with zero attached hydrogens (tertiary/aromatic N) is 1. The lowest BCUT2D eigenvalue weighted by Gasteiger charge is -2.15. The van der Waals surface area contributed by atoms with Gasteiger partial charge in [-0.05, 0) is 42.5 Å². The van der Waals surface area contributed by atoms with Crippen molar-refractivity contribution in [3.63, 3.8) is 0 Å². The second-order valence-electron chi connectivity index (χ2n) is 6.11. The van der Waals surface area contributed by atoms with Crippen LogP contribution in [-0.2, 0) is 16.2 Å². The summed E-state index contributed by atoms with van der Waals surface area (Å²) in [5.41, 5.74) is -1.80. The molecule has 0 fully saturated rings. The molecule has 0 atom stereocenters. The van der Waals surface area contributed by atoms with Gasteiger partial charge in [-0.25, -0.2) is 12.8 Å². The average molecular weight is 474 g/mol. The first kappa shape index (κ1) is 22.5. The van der Waals surface area contributed by atoms with Gasteiger partial charge < -0.3 is 5.32 Å². The van der Waals surface area contributed by atoms with Crippen molar-refractivity contribution in [1.82, 2.24) is 4.98 Å². The van der Waals surface area contributed by atoms with Gasteiger partial charge in [-0.2, -0.15) is 13.2 Å². The number of aromatic nitrogens is 1. The van der Waals surface area contributed by atoms with Crippen molar-refractivity contribution >= 4 is 38.9 Å². The van der Waals surface area contributed by atoms with Crippen molar-refractivity contribution in [3.05, 3.63) is 82.9 Å². The van der Waals surface area contributed by atoms with Crippen molar-refractivity contribution in [1.29, 1.82) is 0 Å². The Morgan fingerprint density at radius 2 is 1.74 bits per heavy atom. The van der Waals surface area contributed by atoms with E-state index in [0.717, 1.165) is 24.3 Å². The topological polar surface area (TPSA) is 88.2 Å². The van der Waals surface area contributed by atoms with Crippen molar-refractivity contribution < 1.29 is 30.8 Å². The number of hydrogen-bond donors (Lipinski definition) is 2. The number of halogens is 5. The third kappa shape index (κ3) is 5.30. The molecule has 2 N–H and O–H groups in total. The Morgan fingerprint density at radius 1 is 1.00 bits per heavy atom. The standard InChI is InChI=1S/C19H12ClF4N3O3S/c20-13-6-4-11(19(22,23)24)9-17(13)31(29,30)27-16-10-12(21)5-7-14(16)26-18(28)15-3-1-2-8-25-15/h1-10,27H,(H,26,28). The largest absolute Gasteiger partial charge is 0.416 e. The molecule has 0 aliphatic carbocycles. The number of nitrogens with one attached hydrogen (secondary N) is 2. The van der Waals surface area contributed by atoms with E-state index in [2.05, 4.69) is 10.3 Å². The van der Waals surface area contributed by atoms with Gasteiger partial charge in [0.05, 0.1) is 22.0 Å². The summed E-state index contributed by atoms with van der Waals surface area (Å²) in [5.74, 6) is -1.58. The van der Waals surface area contributed by atoms with Crippen molar-refractivity contribution in [2.24, 2.45) is 0 Å². The first-order valence-electron chi connectivity index (χ1n) is 8.39. The Morgan fingerprint density at radius 3 is 2.39 bits per heavy atom. The quantitative estimate of drug-likeness (QED) is 0.513. The Hall–Kier alpha value is -3.18. The van der Waals surface area contributed by atoms with Gasteiger partial charge in [0.15, 0.2) is 0 Å². The summed E-state index contributed by atoms with van der Waals surface area (Å²) in [6.45, 7) is 0. The SMILES string of the molecule is O=C(Nc1ccc(F)cc1NS(=O)(=O)c1cc(C(F)(F)F)ccc1Cl)c1ccccn1. The van der Waals surface area contributed by atoms with E-state index >= 15 is 0 Å². The van der Waals surface area contributed by atoms with Crippen LogP contribution in [0.1, 0.15) is 16.1 Å². The minimum Gasteiger partial charge on any atom is -0.319 e. The molecule has 0 spiro atoms. The third-order valence-electron chi connectivity index (χ3n) is 3.92. The number of carbonyl (C=O) groups is 1. The van der Waals surface area contributed by atoms with Gasteiger partial charge >= 0.3 is 6.18 Å². The van der Waals surface area contributed by atoms with Crippen LogP contribution in [0.15, 0.2) is 65.7 Å². The lowest BCUT2D eigenvalue weighted by molar-refractivity contribution is -0.137. The zero-order chi connectivity index (χ0) is 22.8. The minimum atomic E-state index is -4.81. The van der Waals surface area contributed by atoms with Crippen LogP contribution in [0.3, 0.4) is 0 Å². The number of benzene rings is 2. The number of anilines is 2. The molecule has 0 unspecified atom stereocenters. The maximum atomic E-state index is 13.8. The van der Waals surface area contributed by atoms with E-state index in [-0.39, 0.29) is 11.4 Å². The van der Waals surface area contributed by atoms with Gasteiger partial charge in [0.1, 0.15) is 16.4 Å². The van der Waals surface area contributed by atoms with Crippen LogP contribution in [0, 0.1) is 5.82 Å². The Bertz CT molecular complexity index is 1240. The van der Waals surface area contributed by atoms with E-state index < -0.39 is 49.1 Å². The van der Waals surface area contributed by atoms with Crippen LogP contribution in [0.2, 0.25) is 5.02 Å². The number of pyridine rings is 1. The third-order valence-corrected chi connectivity index (χ3v) is 5.77. The maximum absolute atomic E-state index is 13.8. The van der Waals surface area contributed by atoms with Gasteiger partial charge in [0, 0.05) is 12.3 Å². The molecule has 6 nitrogen and oxygen atoms in total. The molecule has 0 aliphatic rings. The molecular weight excluding hydrogens is 462 g/mol. The summed E-state index contributed by atoms with van der Waals surface area (Å²) in [6.07, 6.45) is -3.45. The number of amides is 1. The lowest BCUT2D eigenvalue weighted by atomic mass is 10.2. The smallest absolute Gasteiger partial charge is 0.319 e. The zero-order valence-corrected chi connectivity index (χ0v) is 16.8. The fourth-order valence-corrected chi connectivity index (χ4v) is 4.08. The molecule has 1 amide bonds. The molecule has 0 bridgehead atoms. The van der Waals surface area contributed by atoms with Crippen LogP contribution >= 0.6 is 11.6 Å². The van der Waals surface area contributed by atoms with E-state index in [4.69, 9.17) is 11.6 Å². The molecule has 31 heavy (non-hydrogen) atoms. The van der Waals surface area contributed by atoms with Crippen LogP contribution in [0.4, 0.5) is 28.9 Å². The van der Waals surface area contributed by atoms with Crippen molar-refractivity contribution in [2.45, 2.75) is 11.1 Å². The zero-order valence-electron chi connectivity index (χ0n) is 15.2. The molecule has 0 saturated heterocycles. The van der Waals surface area contributed by atoms with Crippen molar-refractivity contribution in [2.75, 3.05) is 10.0 Å². The van der Waals surface area contributed by atoms with Crippen LogP contribution in [0.5, 0.6) is 0 Å². The maximum Gasteiger partial charge on any atom is 0.416 e. The summed E-state index contributed by atoms with van der Waals surface area (Å²) in [6, 6.07) is 9.09. The number of carbonyl (C=O) groups excluding carboxylic acids is 1. The highest BCUT2D eigenvalue weighted by atomic mass is 35.5. The Kier molecular flexibility index (Phi) is 6.18. The van der Waals surface area contributed by atoms with Crippen molar-refractivity contribution in [3.8, 4) is 0 Å². The van der Waals surface area contributed by atoms with Crippen LogP contribution in [-0.4, -0.2) is 19.3 Å². The fourth-order valence-electron chi connectivity index (χ4n) is 2.48. The molecule has 1 heterocycles. The Balaban J connectivity index is 1.97. The van der Waals surface area contributed by atoms with E-state index in [0.29, 0.717) is 12.1 Å². The highest BCUT2D eigenvalue weighted by Crippen LogP contribution is 2.34. The van der Waals surface area contributed by atoms with Gasteiger partial charge in [-0.15, -0.1) is 0 Å². The van der Waals surface area contributed by atoms with Crippen LogP contribution < -0.4 is 10.0 Å². The average Bonchev–Trinajstić information content (AvgIpc) is 2.69. The van der Waals surface area contributed by atoms with Crippen LogP contribution in [0.25, 0.3) is 0 Å². The molecule has 12 heteroatoms. The van der Waals surface area contributed by atoms with Gasteiger partial charge in [0.25, 0.3) is 15.9 Å². The summed E-state index contributed by atoms with van der Waals surface area (Å²) < 4.78 is 80.1. The predicted molar refractivity (Wildman–Crippen MR) is 106 cm³/mol. The van der Waals surface area contributed by atoms with E-state index in [1.54, 1.807) is 12.1 Å². The fraction of sp³-hybridized carbons (Fsp3) is 0.0526. The molecule has 3 aromatic rings. The number of hydrogen-bond acceptors (Lipinski definition) is 4. The summed E-state index contributed by atoms with van der Waals surface area (Å²) in [4.78, 5) is 15.3. The Labute approximate surface area is 178 Å². The minimum absolute atomic E-state index is 0.00144. The number of rotatable bonds is 5. The number of sulfonamides is 1. The molecule has 3 rings (SSSR count). The first-order valence-corrected chi connectivity index (χ1v) is 10.2. The van der Waals surface area contributed by atoms with E-state index in [1.165, 1.54) is 12.3 Å². The number of alkyl halides is 3. The molecule has 2 aromatic carbocycles. The second-order valence-corrected chi connectivity index (χ2v) is 8.17. The van der Waals surface area contributed by atoms with E-state index in [1.807, 2.05) is 4.72 Å². The van der Waals surface area contributed by atoms with E-state index in [9.17, 15) is 30.8 Å². The summed E-state index contributed by atoms with van der Waals surface area (Å²) >= 11 is 5.79. The molecule has 0 radical (unpaired) electrons. The lowest BCUT2D eigenvalue weighted by Crippen LogP contribution is -2.19. The second kappa shape index (κ2) is 8.52. The predicted octanol–water partition coefficient (Wildman–Crippen LogP) is 4.95. The highest BCUT2D eigenvalue weighted by Gasteiger charge is 2.33. The monoisotopic (exact) mass is 473 g/mol. The first-order chi connectivity index (χ1) is 14.5. The molecule has 0 saturated carbocycles. The molecule has 0 aliphatic heterocycles. The van der Waals surface area contributed by atoms with Gasteiger partial charge in [-0.1, -0.05) is 17.7 Å². The molecular formula is C19H12ClF4N3O3S.